The molecular formula is C19H27N3O3. The molecule has 136 valence electrons. The third-order valence-corrected chi connectivity index (χ3v) is 4.20. The highest BCUT2D eigenvalue weighted by Gasteiger charge is 2.23. The Labute approximate surface area is 149 Å². The van der Waals surface area contributed by atoms with E-state index in [-0.39, 0.29) is 17.7 Å². The van der Waals surface area contributed by atoms with E-state index in [9.17, 15) is 9.59 Å². The fourth-order valence-electron chi connectivity index (χ4n) is 2.85. The Balaban J connectivity index is 1.79. The molecule has 6 heteroatoms. The van der Waals surface area contributed by atoms with Crippen LogP contribution < -0.4 is 15.8 Å². The molecule has 1 aromatic carbocycles. The van der Waals surface area contributed by atoms with E-state index >= 15 is 0 Å². The molecule has 1 aromatic rings. The van der Waals surface area contributed by atoms with Gasteiger partial charge in [0.2, 0.25) is 5.91 Å². The number of amides is 2. The quantitative estimate of drug-likeness (QED) is 0.701. The number of rotatable bonds is 8. The topological polar surface area (TPSA) is 84.7 Å². The fourth-order valence-corrected chi connectivity index (χ4v) is 2.85. The average molecular weight is 345 g/mol. The van der Waals surface area contributed by atoms with Crippen LogP contribution in [-0.2, 0) is 4.79 Å². The van der Waals surface area contributed by atoms with Gasteiger partial charge in [0.05, 0.1) is 5.92 Å². The maximum Gasteiger partial charge on any atom is 0.251 e. The smallest absolute Gasteiger partial charge is 0.251 e. The average Bonchev–Trinajstić information content (AvgIpc) is 2.60. The minimum Gasteiger partial charge on any atom is -0.489 e. The van der Waals surface area contributed by atoms with Gasteiger partial charge in [-0.15, -0.1) is 0 Å². The zero-order chi connectivity index (χ0) is 18.2. The predicted octanol–water partition coefficient (Wildman–Crippen LogP) is 1.57. The summed E-state index contributed by atoms with van der Waals surface area (Å²) in [7, 11) is 0. The molecule has 1 saturated heterocycles. The van der Waals surface area contributed by atoms with Crippen molar-refractivity contribution in [2.75, 3.05) is 32.8 Å². The number of nitrogens with one attached hydrogen (secondary N) is 1. The molecule has 6 nitrogen and oxygen atoms in total. The first kappa shape index (κ1) is 19.0. The Kier molecular flexibility index (Phi) is 7.01. The first-order valence-corrected chi connectivity index (χ1v) is 8.63. The SMILES string of the molecule is C=C(C)COc1cccc(C(=O)NCCN2CCC[C@H](C(N)=O)C2)c1. The monoisotopic (exact) mass is 345 g/mol. The summed E-state index contributed by atoms with van der Waals surface area (Å²) >= 11 is 0. The van der Waals surface area contributed by atoms with Crippen molar-refractivity contribution in [2.45, 2.75) is 19.8 Å². The van der Waals surface area contributed by atoms with Gasteiger partial charge in [-0.25, -0.2) is 0 Å². The number of primary amides is 1. The molecule has 1 aliphatic heterocycles. The Bertz CT molecular complexity index is 630. The van der Waals surface area contributed by atoms with Crippen molar-refractivity contribution in [2.24, 2.45) is 11.7 Å². The van der Waals surface area contributed by atoms with Gasteiger partial charge in [0.1, 0.15) is 12.4 Å². The number of nitrogens with two attached hydrogens (primary N) is 1. The van der Waals surface area contributed by atoms with Crippen LogP contribution in [0.15, 0.2) is 36.4 Å². The molecular weight excluding hydrogens is 318 g/mol. The second kappa shape index (κ2) is 9.22. The number of piperidine rings is 1. The van der Waals surface area contributed by atoms with E-state index in [2.05, 4.69) is 16.8 Å². The minimum atomic E-state index is -0.236. The Morgan fingerprint density at radius 1 is 1.44 bits per heavy atom. The van der Waals surface area contributed by atoms with E-state index in [0.717, 1.165) is 25.0 Å². The van der Waals surface area contributed by atoms with Gasteiger partial charge in [-0.05, 0) is 50.1 Å². The second-order valence-corrected chi connectivity index (χ2v) is 6.57. The number of hydrogen-bond donors (Lipinski definition) is 2. The summed E-state index contributed by atoms with van der Waals surface area (Å²) in [5.74, 6) is 0.201. The molecule has 2 rings (SSSR count). The molecule has 3 N–H and O–H groups in total. The maximum absolute atomic E-state index is 12.3. The van der Waals surface area contributed by atoms with E-state index in [4.69, 9.17) is 10.5 Å². The van der Waals surface area contributed by atoms with Gasteiger partial charge >= 0.3 is 0 Å². The molecule has 25 heavy (non-hydrogen) atoms. The molecule has 0 saturated carbocycles. The van der Waals surface area contributed by atoms with Crippen molar-refractivity contribution < 1.29 is 14.3 Å². The summed E-state index contributed by atoms with van der Waals surface area (Å²) in [6, 6.07) is 7.09. The van der Waals surface area contributed by atoms with Crippen LogP contribution in [0.4, 0.5) is 0 Å². The third-order valence-electron chi connectivity index (χ3n) is 4.20. The van der Waals surface area contributed by atoms with Crippen molar-refractivity contribution in [1.82, 2.24) is 10.2 Å². The van der Waals surface area contributed by atoms with Crippen molar-refractivity contribution in [3.8, 4) is 5.75 Å². The predicted molar refractivity (Wildman–Crippen MR) is 97.4 cm³/mol. The zero-order valence-electron chi connectivity index (χ0n) is 14.8. The minimum absolute atomic E-state index is 0.0772. The lowest BCUT2D eigenvalue weighted by Gasteiger charge is -2.31. The van der Waals surface area contributed by atoms with Crippen LogP contribution in [0.25, 0.3) is 0 Å². The van der Waals surface area contributed by atoms with E-state index in [0.29, 0.717) is 37.6 Å². The summed E-state index contributed by atoms with van der Waals surface area (Å²) in [6.07, 6.45) is 1.82. The molecule has 1 aliphatic rings. The van der Waals surface area contributed by atoms with Crippen LogP contribution in [0.5, 0.6) is 5.75 Å². The fraction of sp³-hybridized carbons (Fsp3) is 0.474. The standard InChI is InChI=1S/C19H27N3O3/c1-14(2)13-25-17-7-3-5-15(11-17)19(24)21-8-10-22-9-4-6-16(12-22)18(20)23/h3,5,7,11,16H,1,4,6,8-10,12-13H2,2H3,(H2,20,23)(H,21,24)/t16-/m0/s1. The van der Waals surface area contributed by atoms with Crippen LogP contribution in [0.1, 0.15) is 30.1 Å². The summed E-state index contributed by atoms with van der Waals surface area (Å²) in [4.78, 5) is 25.7. The van der Waals surface area contributed by atoms with Gasteiger partial charge in [0.15, 0.2) is 0 Å². The lowest BCUT2D eigenvalue weighted by atomic mass is 9.97. The van der Waals surface area contributed by atoms with Crippen LogP contribution in [0.2, 0.25) is 0 Å². The Morgan fingerprint density at radius 3 is 2.96 bits per heavy atom. The normalized spacial score (nSPS) is 17.7. The van der Waals surface area contributed by atoms with Gasteiger partial charge in [-0.3, -0.25) is 9.59 Å². The molecule has 1 fully saturated rings. The molecule has 0 spiro atoms. The number of hydrogen-bond acceptors (Lipinski definition) is 4. The summed E-state index contributed by atoms with van der Waals surface area (Å²) in [5, 5.41) is 2.91. The van der Waals surface area contributed by atoms with Crippen molar-refractivity contribution in [3.05, 3.63) is 42.0 Å². The van der Waals surface area contributed by atoms with E-state index in [1.807, 2.05) is 13.0 Å². The van der Waals surface area contributed by atoms with E-state index in [1.54, 1.807) is 18.2 Å². The van der Waals surface area contributed by atoms with Gasteiger partial charge in [-0.1, -0.05) is 12.6 Å². The van der Waals surface area contributed by atoms with Crippen LogP contribution in [-0.4, -0.2) is 49.5 Å². The number of carbonyl (C=O) groups is 2. The Morgan fingerprint density at radius 2 is 2.24 bits per heavy atom. The molecule has 0 bridgehead atoms. The highest BCUT2D eigenvalue weighted by atomic mass is 16.5. The first-order chi connectivity index (χ1) is 12.0. The van der Waals surface area contributed by atoms with Gasteiger partial charge in [0.25, 0.3) is 5.91 Å². The number of benzene rings is 1. The lowest BCUT2D eigenvalue weighted by molar-refractivity contribution is -0.123. The van der Waals surface area contributed by atoms with E-state index < -0.39 is 0 Å². The van der Waals surface area contributed by atoms with Crippen LogP contribution in [0.3, 0.4) is 0 Å². The second-order valence-electron chi connectivity index (χ2n) is 6.57. The highest BCUT2D eigenvalue weighted by Crippen LogP contribution is 2.16. The molecule has 0 aromatic heterocycles. The molecule has 2 amide bonds. The zero-order valence-corrected chi connectivity index (χ0v) is 14.8. The number of ether oxygens (including phenoxy) is 1. The number of likely N-dealkylation sites (tertiary alicyclic amines) is 1. The molecule has 1 heterocycles. The van der Waals surface area contributed by atoms with Crippen molar-refractivity contribution in [3.63, 3.8) is 0 Å². The molecule has 1 atom stereocenters. The summed E-state index contributed by atoms with van der Waals surface area (Å²) in [5.41, 5.74) is 6.87. The Hall–Kier alpha value is -2.34. The van der Waals surface area contributed by atoms with Crippen molar-refractivity contribution in [1.29, 1.82) is 0 Å². The van der Waals surface area contributed by atoms with Crippen LogP contribution in [0, 0.1) is 5.92 Å². The summed E-state index contributed by atoms with van der Waals surface area (Å²) < 4.78 is 5.56. The number of carbonyl (C=O) groups excluding carboxylic acids is 2. The first-order valence-electron chi connectivity index (χ1n) is 8.63. The third kappa shape index (κ3) is 6.23. The largest absolute Gasteiger partial charge is 0.489 e. The van der Waals surface area contributed by atoms with E-state index in [1.165, 1.54) is 0 Å². The lowest BCUT2D eigenvalue weighted by Crippen LogP contribution is -2.44. The molecule has 0 radical (unpaired) electrons. The molecule has 0 unspecified atom stereocenters. The number of nitrogens with zero attached hydrogens (tertiary/aromatic N) is 1. The highest BCUT2D eigenvalue weighted by molar-refractivity contribution is 5.94. The maximum atomic E-state index is 12.3. The van der Waals surface area contributed by atoms with Crippen molar-refractivity contribution >= 4 is 11.8 Å². The van der Waals surface area contributed by atoms with Gasteiger partial charge in [0, 0.05) is 25.2 Å². The van der Waals surface area contributed by atoms with Gasteiger partial charge < -0.3 is 20.7 Å². The van der Waals surface area contributed by atoms with Crippen LogP contribution >= 0.6 is 0 Å². The van der Waals surface area contributed by atoms with Gasteiger partial charge in [-0.2, -0.15) is 0 Å². The molecule has 0 aliphatic carbocycles. The summed E-state index contributed by atoms with van der Waals surface area (Å²) in [6.45, 7) is 8.96.